The molecule has 0 saturated carbocycles. The summed E-state index contributed by atoms with van der Waals surface area (Å²) in [6.07, 6.45) is 1.41. The van der Waals surface area contributed by atoms with Crippen molar-refractivity contribution in [1.29, 1.82) is 0 Å². The highest BCUT2D eigenvalue weighted by Crippen LogP contribution is 2.30. The molecule has 3 aromatic rings. The fraction of sp³-hybridized carbons (Fsp3) is 0.176. The molecule has 0 bridgehead atoms. The molecule has 0 atom stereocenters. The van der Waals surface area contributed by atoms with E-state index in [1.807, 2.05) is 19.9 Å². The molecular formula is C17H16Cl2N6O. The number of aromatic nitrogens is 4. The molecule has 0 radical (unpaired) electrons. The third-order valence-corrected chi connectivity index (χ3v) is 4.00. The van der Waals surface area contributed by atoms with Gasteiger partial charge < -0.3 is 5.11 Å². The minimum absolute atomic E-state index is 0.0937. The summed E-state index contributed by atoms with van der Waals surface area (Å²) in [5.74, 6) is 1.60. The summed E-state index contributed by atoms with van der Waals surface area (Å²) in [6.45, 7) is 5.66. The van der Waals surface area contributed by atoms with Gasteiger partial charge in [0.05, 0.1) is 16.9 Å². The van der Waals surface area contributed by atoms with E-state index >= 15 is 0 Å². The minimum atomic E-state index is -0.0937. The van der Waals surface area contributed by atoms with E-state index in [0.717, 1.165) is 11.4 Å². The lowest BCUT2D eigenvalue weighted by molar-refractivity contribution is 0.475. The topological polar surface area (TPSA) is 88.2 Å². The lowest BCUT2D eigenvalue weighted by atomic mass is 10.2. The van der Waals surface area contributed by atoms with Crippen molar-refractivity contribution in [2.24, 2.45) is 5.10 Å². The maximum Gasteiger partial charge on any atom is 0.159 e. The van der Waals surface area contributed by atoms with Crippen molar-refractivity contribution >= 4 is 35.2 Å². The van der Waals surface area contributed by atoms with Gasteiger partial charge in [-0.2, -0.15) is 10.2 Å². The molecule has 0 aliphatic rings. The van der Waals surface area contributed by atoms with Gasteiger partial charge in [0.1, 0.15) is 11.6 Å². The average molecular weight is 391 g/mol. The molecule has 3 rings (SSSR count). The molecule has 134 valence electrons. The molecule has 26 heavy (non-hydrogen) atoms. The lowest BCUT2D eigenvalue weighted by Gasteiger charge is -2.07. The van der Waals surface area contributed by atoms with Crippen LogP contribution in [0, 0.1) is 20.8 Å². The maximum atomic E-state index is 9.94. The number of rotatable bonds is 4. The van der Waals surface area contributed by atoms with E-state index in [4.69, 9.17) is 23.2 Å². The van der Waals surface area contributed by atoms with E-state index in [-0.39, 0.29) is 10.8 Å². The van der Waals surface area contributed by atoms with Gasteiger partial charge in [0, 0.05) is 22.3 Å². The summed E-state index contributed by atoms with van der Waals surface area (Å²) >= 11 is 11.8. The molecule has 7 nitrogen and oxygen atoms in total. The molecule has 1 aromatic carbocycles. The number of nitrogens with zero attached hydrogens (tertiary/aromatic N) is 5. The van der Waals surface area contributed by atoms with Crippen LogP contribution in [0.3, 0.4) is 0 Å². The fourth-order valence-electron chi connectivity index (χ4n) is 2.43. The molecule has 0 amide bonds. The summed E-state index contributed by atoms with van der Waals surface area (Å²) in [7, 11) is 0. The van der Waals surface area contributed by atoms with Gasteiger partial charge in [0.25, 0.3) is 0 Å². The van der Waals surface area contributed by atoms with Crippen LogP contribution in [0.15, 0.2) is 29.4 Å². The van der Waals surface area contributed by atoms with Gasteiger partial charge in [-0.05, 0) is 39.0 Å². The standard InChI is InChI=1S/C17H16Cl2N6O/c1-9-4-10(2)25(24-9)16-7-15(21-11(3)22-16)23-20-8-12-5-13(18)6-14(19)17(12)26/h4-8,26H,1-3H3,(H,21,22,23). The summed E-state index contributed by atoms with van der Waals surface area (Å²) < 4.78 is 1.74. The number of benzene rings is 1. The molecule has 2 heterocycles. The largest absolute Gasteiger partial charge is 0.506 e. The molecule has 0 fully saturated rings. The Morgan fingerprint density at radius 2 is 1.88 bits per heavy atom. The van der Waals surface area contributed by atoms with Crippen LogP contribution in [-0.4, -0.2) is 31.1 Å². The number of hydrazone groups is 1. The minimum Gasteiger partial charge on any atom is -0.506 e. The second-order valence-electron chi connectivity index (χ2n) is 5.69. The van der Waals surface area contributed by atoms with E-state index in [2.05, 4.69) is 25.6 Å². The Balaban J connectivity index is 1.86. The number of aromatic hydroxyl groups is 1. The number of phenolic OH excluding ortho intramolecular Hbond substituents is 1. The van der Waals surface area contributed by atoms with Crippen molar-refractivity contribution in [3.63, 3.8) is 0 Å². The second-order valence-corrected chi connectivity index (χ2v) is 6.54. The zero-order valence-electron chi connectivity index (χ0n) is 14.3. The number of phenols is 1. The predicted molar refractivity (Wildman–Crippen MR) is 103 cm³/mol. The van der Waals surface area contributed by atoms with Crippen LogP contribution in [-0.2, 0) is 0 Å². The van der Waals surface area contributed by atoms with Crippen LogP contribution in [0.25, 0.3) is 5.82 Å². The molecule has 0 saturated heterocycles. The first kappa shape index (κ1) is 18.2. The van der Waals surface area contributed by atoms with Gasteiger partial charge in [-0.1, -0.05) is 23.2 Å². The number of hydrogen-bond donors (Lipinski definition) is 2. The number of nitrogens with one attached hydrogen (secondary N) is 1. The van der Waals surface area contributed by atoms with Crippen LogP contribution in [0.2, 0.25) is 10.0 Å². The SMILES string of the molecule is Cc1cc(C)n(-c2cc(NN=Cc3cc(Cl)cc(Cl)c3O)nc(C)n2)n1. The van der Waals surface area contributed by atoms with Crippen LogP contribution >= 0.6 is 23.2 Å². The Kier molecular flexibility index (Phi) is 5.11. The summed E-state index contributed by atoms with van der Waals surface area (Å²) in [5, 5.41) is 19.0. The van der Waals surface area contributed by atoms with Crippen LogP contribution in [0.4, 0.5) is 5.82 Å². The van der Waals surface area contributed by atoms with Crippen LogP contribution in [0.1, 0.15) is 22.8 Å². The first-order valence-corrected chi connectivity index (χ1v) is 8.45. The van der Waals surface area contributed by atoms with E-state index in [0.29, 0.717) is 28.0 Å². The second kappa shape index (κ2) is 7.31. The van der Waals surface area contributed by atoms with Crippen molar-refractivity contribution in [3.8, 4) is 11.6 Å². The van der Waals surface area contributed by atoms with E-state index in [9.17, 15) is 5.11 Å². The van der Waals surface area contributed by atoms with Gasteiger partial charge in [-0.25, -0.2) is 14.6 Å². The first-order valence-electron chi connectivity index (χ1n) is 7.70. The number of aryl methyl sites for hydroxylation is 3. The molecule has 0 aliphatic heterocycles. The van der Waals surface area contributed by atoms with Crippen molar-refractivity contribution in [3.05, 3.63) is 57.1 Å². The molecule has 0 spiro atoms. The van der Waals surface area contributed by atoms with Gasteiger partial charge >= 0.3 is 0 Å². The zero-order valence-corrected chi connectivity index (χ0v) is 15.8. The summed E-state index contributed by atoms with van der Waals surface area (Å²) in [5.41, 5.74) is 5.07. The summed E-state index contributed by atoms with van der Waals surface area (Å²) in [4.78, 5) is 8.70. The highest BCUT2D eigenvalue weighted by molar-refractivity contribution is 6.36. The van der Waals surface area contributed by atoms with E-state index in [1.54, 1.807) is 23.7 Å². The molecule has 2 N–H and O–H groups in total. The normalized spacial score (nSPS) is 11.3. The Labute approximate surface area is 160 Å². The molecule has 0 unspecified atom stereocenters. The maximum absolute atomic E-state index is 9.94. The van der Waals surface area contributed by atoms with Crippen molar-refractivity contribution in [2.75, 3.05) is 5.43 Å². The Morgan fingerprint density at radius 1 is 1.12 bits per heavy atom. The highest BCUT2D eigenvalue weighted by Gasteiger charge is 2.09. The van der Waals surface area contributed by atoms with E-state index < -0.39 is 0 Å². The van der Waals surface area contributed by atoms with Crippen molar-refractivity contribution < 1.29 is 5.11 Å². The Bertz CT molecular complexity index is 999. The highest BCUT2D eigenvalue weighted by atomic mass is 35.5. The molecule has 2 aromatic heterocycles. The molecule has 9 heteroatoms. The predicted octanol–water partition coefficient (Wildman–Crippen LogP) is 4.05. The van der Waals surface area contributed by atoms with Gasteiger partial charge in [-0.15, -0.1) is 0 Å². The van der Waals surface area contributed by atoms with Gasteiger partial charge in [-0.3, -0.25) is 5.43 Å². The Hall–Kier alpha value is -2.64. The number of anilines is 1. The van der Waals surface area contributed by atoms with Crippen LogP contribution < -0.4 is 5.43 Å². The van der Waals surface area contributed by atoms with Gasteiger partial charge in [0.2, 0.25) is 0 Å². The lowest BCUT2D eigenvalue weighted by Crippen LogP contribution is -2.06. The smallest absolute Gasteiger partial charge is 0.159 e. The molecule has 0 aliphatic carbocycles. The number of hydrogen-bond acceptors (Lipinski definition) is 6. The Morgan fingerprint density at radius 3 is 2.58 bits per heavy atom. The fourth-order valence-corrected chi connectivity index (χ4v) is 2.94. The third kappa shape index (κ3) is 3.95. The average Bonchev–Trinajstić information content (AvgIpc) is 2.90. The zero-order chi connectivity index (χ0) is 18.8. The van der Waals surface area contributed by atoms with Crippen molar-refractivity contribution in [2.45, 2.75) is 20.8 Å². The quantitative estimate of drug-likeness (QED) is 0.518. The van der Waals surface area contributed by atoms with Gasteiger partial charge in [0.15, 0.2) is 11.6 Å². The summed E-state index contributed by atoms with van der Waals surface area (Å²) in [6, 6.07) is 6.71. The molecular weight excluding hydrogens is 375 g/mol. The van der Waals surface area contributed by atoms with E-state index in [1.165, 1.54) is 12.3 Å². The third-order valence-electron chi connectivity index (χ3n) is 3.49. The monoisotopic (exact) mass is 390 g/mol. The number of halogens is 2. The van der Waals surface area contributed by atoms with Crippen molar-refractivity contribution in [1.82, 2.24) is 19.7 Å². The first-order chi connectivity index (χ1) is 12.3. The van der Waals surface area contributed by atoms with Crippen LogP contribution in [0.5, 0.6) is 5.75 Å².